The van der Waals surface area contributed by atoms with Gasteiger partial charge in [-0.15, -0.1) is 0 Å². The number of nitrogens with zero attached hydrogens (tertiary/aromatic N) is 2. The highest BCUT2D eigenvalue weighted by Crippen LogP contribution is 2.15. The van der Waals surface area contributed by atoms with Crippen molar-refractivity contribution >= 4 is 23.2 Å². The van der Waals surface area contributed by atoms with Crippen molar-refractivity contribution in [2.45, 2.75) is 6.92 Å². The molecule has 0 aliphatic heterocycles. The van der Waals surface area contributed by atoms with Crippen LogP contribution in [0.4, 0.5) is 0 Å². The van der Waals surface area contributed by atoms with E-state index in [1.165, 1.54) is 0 Å². The van der Waals surface area contributed by atoms with E-state index < -0.39 is 0 Å². The van der Waals surface area contributed by atoms with Gasteiger partial charge in [0.05, 0.1) is 17.6 Å². The highest BCUT2D eigenvalue weighted by Gasteiger charge is 2.05. The molecule has 0 saturated heterocycles. The Balaban J connectivity index is 1.99. The average molecular weight is 306 g/mol. The van der Waals surface area contributed by atoms with E-state index in [4.69, 9.17) is 4.74 Å². The highest BCUT2D eigenvalue weighted by molar-refractivity contribution is 5.77. The molecule has 2 aromatic carbocycles. The van der Waals surface area contributed by atoms with Crippen LogP contribution in [0.3, 0.4) is 0 Å². The third kappa shape index (κ3) is 3.16. The van der Waals surface area contributed by atoms with Crippen molar-refractivity contribution < 1.29 is 4.74 Å². The number of ether oxygens (including phenoxy) is 1. The zero-order valence-corrected chi connectivity index (χ0v) is 13.2. The Morgan fingerprint density at radius 3 is 2.78 bits per heavy atom. The molecule has 0 amide bonds. The minimum Gasteiger partial charge on any atom is -0.494 e. The number of hydrogen-bond acceptors (Lipinski definition) is 3. The lowest BCUT2D eigenvalue weighted by Crippen LogP contribution is -2.21. The molecule has 0 aliphatic rings. The van der Waals surface area contributed by atoms with Gasteiger partial charge < -0.3 is 9.30 Å². The average Bonchev–Trinajstić information content (AvgIpc) is 2.57. The van der Waals surface area contributed by atoms with Crippen molar-refractivity contribution in [2.75, 3.05) is 6.61 Å². The SMILES string of the molecule is CCOc1cccc(/C=C/c2nc3ccccc3n(C)c2=O)c1. The number of rotatable bonds is 4. The van der Waals surface area contributed by atoms with Crippen LogP contribution in [0.1, 0.15) is 18.2 Å². The van der Waals surface area contributed by atoms with E-state index in [9.17, 15) is 4.79 Å². The summed E-state index contributed by atoms with van der Waals surface area (Å²) in [5.41, 5.74) is 2.91. The Morgan fingerprint density at radius 2 is 1.96 bits per heavy atom. The molecule has 23 heavy (non-hydrogen) atoms. The largest absolute Gasteiger partial charge is 0.494 e. The van der Waals surface area contributed by atoms with Crippen molar-refractivity contribution in [3.8, 4) is 5.75 Å². The predicted octanol–water partition coefficient (Wildman–Crippen LogP) is 3.50. The van der Waals surface area contributed by atoms with Crippen LogP contribution in [0, 0.1) is 0 Å². The summed E-state index contributed by atoms with van der Waals surface area (Å²) >= 11 is 0. The van der Waals surface area contributed by atoms with Gasteiger partial charge in [0.1, 0.15) is 11.4 Å². The Bertz CT molecular complexity index is 926. The fraction of sp³-hybridized carbons (Fsp3) is 0.158. The summed E-state index contributed by atoms with van der Waals surface area (Å²) in [4.78, 5) is 16.9. The van der Waals surface area contributed by atoms with Crippen molar-refractivity contribution in [3.63, 3.8) is 0 Å². The summed E-state index contributed by atoms with van der Waals surface area (Å²) in [5, 5.41) is 0. The highest BCUT2D eigenvalue weighted by atomic mass is 16.5. The van der Waals surface area contributed by atoms with Gasteiger partial charge in [-0.25, -0.2) is 4.98 Å². The smallest absolute Gasteiger partial charge is 0.276 e. The molecule has 0 aliphatic carbocycles. The minimum absolute atomic E-state index is 0.110. The Morgan fingerprint density at radius 1 is 1.13 bits per heavy atom. The van der Waals surface area contributed by atoms with Gasteiger partial charge in [0.25, 0.3) is 5.56 Å². The van der Waals surface area contributed by atoms with Gasteiger partial charge in [0.15, 0.2) is 0 Å². The third-order valence-electron chi connectivity index (χ3n) is 3.61. The van der Waals surface area contributed by atoms with E-state index in [0.717, 1.165) is 22.3 Å². The number of aromatic nitrogens is 2. The van der Waals surface area contributed by atoms with Gasteiger partial charge in [0, 0.05) is 7.05 Å². The molecule has 3 aromatic rings. The topological polar surface area (TPSA) is 44.1 Å². The maximum Gasteiger partial charge on any atom is 0.276 e. The van der Waals surface area contributed by atoms with Gasteiger partial charge in [-0.05, 0) is 42.8 Å². The lowest BCUT2D eigenvalue weighted by atomic mass is 10.2. The molecule has 0 radical (unpaired) electrons. The fourth-order valence-electron chi connectivity index (χ4n) is 2.46. The molecule has 1 heterocycles. The number of para-hydroxylation sites is 2. The van der Waals surface area contributed by atoms with Gasteiger partial charge in [0.2, 0.25) is 0 Å². The molecule has 0 unspecified atom stereocenters. The van der Waals surface area contributed by atoms with Crippen LogP contribution in [0.2, 0.25) is 0 Å². The van der Waals surface area contributed by atoms with Crippen molar-refractivity contribution in [1.82, 2.24) is 9.55 Å². The van der Waals surface area contributed by atoms with E-state index in [1.807, 2.05) is 61.5 Å². The first kappa shape index (κ1) is 15.0. The van der Waals surface area contributed by atoms with Crippen molar-refractivity contribution in [3.05, 3.63) is 70.1 Å². The first-order chi connectivity index (χ1) is 11.2. The number of hydrogen-bond donors (Lipinski definition) is 0. The molecule has 0 bridgehead atoms. The summed E-state index contributed by atoms with van der Waals surface area (Å²) in [5.74, 6) is 0.814. The number of fused-ring (bicyclic) bond motifs is 1. The molecule has 0 saturated carbocycles. The molecule has 0 atom stereocenters. The Labute approximate surface area is 134 Å². The summed E-state index contributed by atoms with van der Waals surface area (Å²) in [6, 6.07) is 15.3. The van der Waals surface area contributed by atoms with Crippen LogP contribution in [0.5, 0.6) is 5.75 Å². The van der Waals surface area contributed by atoms with E-state index in [-0.39, 0.29) is 5.56 Å². The molecule has 116 valence electrons. The second-order valence-electron chi connectivity index (χ2n) is 5.19. The van der Waals surface area contributed by atoms with Gasteiger partial charge in [-0.3, -0.25) is 4.79 Å². The molecule has 0 fully saturated rings. The molecule has 4 nitrogen and oxygen atoms in total. The predicted molar refractivity (Wildman–Crippen MR) is 93.5 cm³/mol. The van der Waals surface area contributed by atoms with Gasteiger partial charge >= 0.3 is 0 Å². The summed E-state index contributed by atoms with van der Waals surface area (Å²) in [6.45, 7) is 2.57. The molecule has 1 aromatic heterocycles. The van der Waals surface area contributed by atoms with Crippen molar-refractivity contribution in [2.24, 2.45) is 7.05 Å². The monoisotopic (exact) mass is 306 g/mol. The van der Waals surface area contributed by atoms with Crippen LogP contribution >= 0.6 is 0 Å². The Hall–Kier alpha value is -2.88. The molecular formula is C19H18N2O2. The molecule has 4 heteroatoms. The zero-order chi connectivity index (χ0) is 16.2. The second-order valence-corrected chi connectivity index (χ2v) is 5.19. The maximum absolute atomic E-state index is 12.4. The maximum atomic E-state index is 12.4. The van der Waals surface area contributed by atoms with Crippen LogP contribution in [-0.2, 0) is 7.05 Å². The first-order valence-corrected chi connectivity index (χ1v) is 7.56. The normalized spacial score (nSPS) is 11.2. The standard InChI is InChI=1S/C19H18N2O2/c1-3-23-15-8-6-7-14(13-15)11-12-17-19(22)21(2)18-10-5-4-9-16(18)20-17/h4-13H,3H2,1-2H3/b12-11+. The third-order valence-corrected chi connectivity index (χ3v) is 3.61. The summed E-state index contributed by atoms with van der Waals surface area (Å²) < 4.78 is 7.11. The van der Waals surface area contributed by atoms with Gasteiger partial charge in [-0.1, -0.05) is 30.3 Å². The molecule has 0 N–H and O–H groups in total. The number of benzene rings is 2. The van der Waals surface area contributed by atoms with Crippen LogP contribution in [0.25, 0.3) is 23.2 Å². The van der Waals surface area contributed by atoms with Crippen molar-refractivity contribution in [1.29, 1.82) is 0 Å². The lowest BCUT2D eigenvalue weighted by molar-refractivity contribution is 0.340. The summed E-state index contributed by atoms with van der Waals surface area (Å²) in [7, 11) is 1.76. The number of aryl methyl sites for hydroxylation is 1. The van der Waals surface area contributed by atoms with Gasteiger partial charge in [-0.2, -0.15) is 0 Å². The summed E-state index contributed by atoms with van der Waals surface area (Å²) in [6.07, 6.45) is 3.63. The molecule has 0 spiro atoms. The van der Waals surface area contributed by atoms with E-state index in [2.05, 4.69) is 4.98 Å². The van der Waals surface area contributed by atoms with Crippen LogP contribution in [-0.4, -0.2) is 16.2 Å². The van der Waals surface area contributed by atoms with Crippen LogP contribution in [0.15, 0.2) is 53.3 Å². The minimum atomic E-state index is -0.110. The fourth-order valence-corrected chi connectivity index (χ4v) is 2.46. The van der Waals surface area contributed by atoms with E-state index >= 15 is 0 Å². The zero-order valence-electron chi connectivity index (χ0n) is 13.2. The van der Waals surface area contributed by atoms with Crippen LogP contribution < -0.4 is 10.3 Å². The molecular weight excluding hydrogens is 288 g/mol. The Kier molecular flexibility index (Phi) is 4.24. The molecule has 3 rings (SSSR count). The lowest BCUT2D eigenvalue weighted by Gasteiger charge is -2.05. The first-order valence-electron chi connectivity index (χ1n) is 7.56. The van der Waals surface area contributed by atoms with E-state index in [0.29, 0.717) is 12.3 Å². The van der Waals surface area contributed by atoms with E-state index in [1.54, 1.807) is 17.7 Å². The second kappa shape index (κ2) is 6.48. The quantitative estimate of drug-likeness (QED) is 0.741.